The number of hydrogen-bond acceptors (Lipinski definition) is 9. The number of rotatable bonds is 13. The van der Waals surface area contributed by atoms with Gasteiger partial charge in [0, 0.05) is 56.2 Å². The van der Waals surface area contributed by atoms with Crippen molar-refractivity contribution in [3.05, 3.63) is 96.6 Å². The number of aromatic nitrogens is 4. The first-order chi connectivity index (χ1) is 27.3. The fraction of sp³-hybridized carbons (Fsp3) is 0.432. The molecule has 3 unspecified atom stereocenters. The van der Waals surface area contributed by atoms with E-state index in [-0.39, 0.29) is 36.1 Å². The van der Waals surface area contributed by atoms with Gasteiger partial charge in [0.25, 0.3) is 0 Å². The SMILES string of the molecule is COC(=O)C[C@H](C(=O)N1CCC[C@H]1c1ncc(-c2ccc(-c3ccc(C4=CN=C(C5C6CCC(C6)[C@@H]5C(=O)NCc5cnccn5)C4)cc3)cc2)[nH]1)[C@@H](C)OC. The van der Waals surface area contributed by atoms with Crippen LogP contribution in [-0.2, 0) is 30.4 Å². The van der Waals surface area contributed by atoms with Crippen LogP contribution >= 0.6 is 0 Å². The first-order valence-corrected chi connectivity index (χ1v) is 19.8. The molecule has 3 fully saturated rings. The van der Waals surface area contributed by atoms with Crippen molar-refractivity contribution in [2.24, 2.45) is 34.6 Å². The van der Waals surface area contributed by atoms with Gasteiger partial charge in [-0.1, -0.05) is 48.5 Å². The van der Waals surface area contributed by atoms with Crippen molar-refractivity contribution in [2.75, 3.05) is 20.8 Å². The Balaban J connectivity index is 0.889. The van der Waals surface area contributed by atoms with E-state index in [0.717, 1.165) is 77.3 Å². The number of methoxy groups -OCH3 is 2. The summed E-state index contributed by atoms with van der Waals surface area (Å²) in [5.74, 6) is 0.726. The number of ether oxygens (including phenoxy) is 2. The van der Waals surface area contributed by atoms with Gasteiger partial charge in [-0.25, -0.2) is 4.98 Å². The Bertz CT molecular complexity index is 2110. The van der Waals surface area contributed by atoms with E-state index in [1.54, 1.807) is 32.6 Å². The van der Waals surface area contributed by atoms with Gasteiger partial charge in [0.15, 0.2) is 0 Å². The van der Waals surface area contributed by atoms with Crippen LogP contribution in [0.15, 0.2) is 84.5 Å². The van der Waals surface area contributed by atoms with E-state index in [0.29, 0.717) is 24.9 Å². The number of carbonyl (C=O) groups excluding carboxylic acids is 3. The molecular weight excluding hydrogens is 707 g/mol. The van der Waals surface area contributed by atoms with E-state index in [9.17, 15) is 14.4 Å². The van der Waals surface area contributed by atoms with Gasteiger partial charge in [-0.2, -0.15) is 0 Å². The van der Waals surface area contributed by atoms with Crippen molar-refractivity contribution in [3.8, 4) is 22.4 Å². The molecule has 56 heavy (non-hydrogen) atoms. The van der Waals surface area contributed by atoms with Gasteiger partial charge in [-0.05, 0) is 78.7 Å². The maximum absolute atomic E-state index is 13.7. The summed E-state index contributed by atoms with van der Waals surface area (Å²) in [6.45, 7) is 2.79. The normalized spacial score (nSPS) is 23.8. The molecule has 2 saturated carbocycles. The van der Waals surface area contributed by atoms with Crippen LogP contribution in [0, 0.1) is 29.6 Å². The molecule has 8 rings (SSSR count). The van der Waals surface area contributed by atoms with E-state index in [1.807, 2.05) is 17.3 Å². The van der Waals surface area contributed by atoms with E-state index in [1.165, 1.54) is 19.1 Å². The summed E-state index contributed by atoms with van der Waals surface area (Å²) in [6.07, 6.45) is 14.1. The Labute approximate surface area is 327 Å². The summed E-state index contributed by atoms with van der Waals surface area (Å²) in [5, 5.41) is 3.14. The van der Waals surface area contributed by atoms with Gasteiger partial charge in [0.05, 0.1) is 61.9 Å². The van der Waals surface area contributed by atoms with Gasteiger partial charge < -0.3 is 24.7 Å². The molecule has 0 radical (unpaired) electrons. The summed E-state index contributed by atoms with van der Waals surface area (Å²) in [7, 11) is 2.88. The van der Waals surface area contributed by atoms with Crippen LogP contribution in [0.3, 0.4) is 0 Å². The molecule has 290 valence electrons. The number of likely N-dealkylation sites (tertiary alicyclic amines) is 1. The molecule has 2 aromatic heterocycles. The minimum absolute atomic E-state index is 0.0324. The first kappa shape index (κ1) is 37.4. The highest BCUT2D eigenvalue weighted by atomic mass is 16.5. The van der Waals surface area contributed by atoms with Crippen LogP contribution in [-0.4, -0.2) is 75.2 Å². The van der Waals surface area contributed by atoms with Gasteiger partial charge in [-0.3, -0.25) is 29.3 Å². The molecule has 12 nitrogen and oxygen atoms in total. The second kappa shape index (κ2) is 16.3. The minimum Gasteiger partial charge on any atom is -0.469 e. The third kappa shape index (κ3) is 7.54. The van der Waals surface area contributed by atoms with Gasteiger partial charge >= 0.3 is 5.97 Å². The number of hydrogen-bond donors (Lipinski definition) is 2. The number of aliphatic imine (C=N–C) groups is 1. The molecule has 2 bridgehead atoms. The van der Waals surface area contributed by atoms with E-state index < -0.39 is 18.0 Å². The van der Waals surface area contributed by atoms with Gasteiger partial charge in [0.1, 0.15) is 5.82 Å². The third-order valence-electron chi connectivity index (χ3n) is 12.5. The van der Waals surface area contributed by atoms with Gasteiger partial charge in [0.2, 0.25) is 11.8 Å². The molecule has 2 N–H and O–H groups in total. The topological polar surface area (TPSA) is 152 Å². The molecule has 4 aliphatic rings. The standard InChI is InChI=1S/C44H49N7O5/c1-26(55-2)35(21-39(52)56-3)44(54)51-18-4-5-38(51)42-48-25-37(50-42)30-12-10-28(11-13-30)27-6-8-29(9-7-27)33-20-36(47-22-33)40-31-14-15-32(19-31)41(40)43(53)49-24-34-23-45-16-17-46-34/h6-13,16-17,22-23,25-26,31-32,35,38,40-41H,4-5,14-15,18-21,24H2,1-3H3,(H,48,50)(H,49,53)/t26-,31?,32?,35+,38+,40?,41+/m1/s1. The van der Waals surface area contributed by atoms with Crippen LogP contribution in [0.2, 0.25) is 0 Å². The Kier molecular flexibility index (Phi) is 10.9. The first-order valence-electron chi connectivity index (χ1n) is 19.8. The van der Waals surface area contributed by atoms with Crippen molar-refractivity contribution in [3.63, 3.8) is 0 Å². The number of aromatic amines is 1. The zero-order valence-corrected chi connectivity index (χ0v) is 32.2. The number of amides is 2. The van der Waals surface area contributed by atoms with Crippen molar-refractivity contribution in [2.45, 2.75) is 70.6 Å². The Morgan fingerprint density at radius 1 is 0.911 bits per heavy atom. The second-order valence-corrected chi connectivity index (χ2v) is 15.6. The lowest BCUT2D eigenvalue weighted by Gasteiger charge is -2.30. The highest BCUT2D eigenvalue weighted by Crippen LogP contribution is 2.54. The number of imidazole rings is 1. The van der Waals surface area contributed by atoms with E-state index in [2.05, 4.69) is 68.8 Å². The summed E-state index contributed by atoms with van der Waals surface area (Å²) >= 11 is 0. The quantitative estimate of drug-likeness (QED) is 0.145. The molecule has 7 atom stereocenters. The molecule has 12 heteroatoms. The Morgan fingerprint density at radius 3 is 2.36 bits per heavy atom. The van der Waals surface area contributed by atoms with Crippen LogP contribution in [0.25, 0.3) is 28.0 Å². The van der Waals surface area contributed by atoms with E-state index in [4.69, 9.17) is 19.5 Å². The monoisotopic (exact) mass is 755 g/mol. The average molecular weight is 756 g/mol. The Morgan fingerprint density at radius 2 is 1.64 bits per heavy atom. The van der Waals surface area contributed by atoms with Crippen molar-refractivity contribution in [1.82, 2.24) is 30.2 Å². The summed E-state index contributed by atoms with van der Waals surface area (Å²) in [6, 6.07) is 16.8. The molecule has 1 saturated heterocycles. The van der Waals surface area contributed by atoms with Gasteiger partial charge in [-0.15, -0.1) is 0 Å². The van der Waals surface area contributed by atoms with Crippen molar-refractivity contribution < 1.29 is 23.9 Å². The third-order valence-corrected chi connectivity index (χ3v) is 12.5. The van der Waals surface area contributed by atoms with Crippen LogP contribution in [0.5, 0.6) is 0 Å². The molecule has 2 amide bonds. The number of benzene rings is 2. The maximum atomic E-state index is 13.7. The highest BCUT2D eigenvalue weighted by Gasteiger charge is 2.52. The fourth-order valence-electron chi connectivity index (χ4n) is 9.47. The zero-order chi connectivity index (χ0) is 38.8. The van der Waals surface area contributed by atoms with E-state index >= 15 is 0 Å². The molecule has 2 aromatic carbocycles. The predicted molar refractivity (Wildman–Crippen MR) is 211 cm³/mol. The number of allylic oxidation sites excluding steroid dienone is 1. The van der Waals surface area contributed by atoms with Crippen LogP contribution in [0.4, 0.5) is 0 Å². The fourth-order valence-corrected chi connectivity index (χ4v) is 9.47. The highest BCUT2D eigenvalue weighted by molar-refractivity contribution is 6.02. The van der Waals surface area contributed by atoms with Crippen LogP contribution < -0.4 is 5.32 Å². The minimum atomic E-state index is -0.633. The summed E-state index contributed by atoms with van der Waals surface area (Å²) in [4.78, 5) is 62.7. The summed E-state index contributed by atoms with van der Waals surface area (Å²) in [5.41, 5.74) is 8.33. The lowest BCUT2D eigenvalue weighted by atomic mass is 9.75. The molecule has 0 spiro atoms. The number of fused-ring (bicyclic) bond motifs is 2. The van der Waals surface area contributed by atoms with Crippen molar-refractivity contribution in [1.29, 1.82) is 0 Å². The second-order valence-electron chi connectivity index (χ2n) is 15.6. The number of nitrogens with one attached hydrogen (secondary N) is 2. The lowest BCUT2D eigenvalue weighted by Crippen LogP contribution is -2.41. The lowest BCUT2D eigenvalue weighted by molar-refractivity contribution is -0.151. The number of carbonyl (C=O) groups is 3. The molecule has 2 aliphatic carbocycles. The predicted octanol–water partition coefficient (Wildman–Crippen LogP) is 6.58. The molecule has 2 aliphatic heterocycles. The molecule has 4 aromatic rings. The molecule has 4 heterocycles. The number of H-pyrrole nitrogens is 1. The largest absolute Gasteiger partial charge is 0.469 e. The number of nitrogens with zero attached hydrogens (tertiary/aromatic N) is 5. The smallest absolute Gasteiger partial charge is 0.306 e. The molecular formula is C44H49N7O5. The number of esters is 1. The average Bonchev–Trinajstić information content (AvgIpc) is 4.10. The Hall–Kier alpha value is -5.49. The maximum Gasteiger partial charge on any atom is 0.306 e. The zero-order valence-electron chi connectivity index (χ0n) is 32.2. The van der Waals surface area contributed by atoms with Crippen LogP contribution in [0.1, 0.15) is 75.0 Å². The summed E-state index contributed by atoms with van der Waals surface area (Å²) < 4.78 is 10.3. The van der Waals surface area contributed by atoms with Crippen molar-refractivity contribution >= 4 is 29.1 Å².